The van der Waals surface area contributed by atoms with Crippen LogP contribution in [-0.2, 0) is 4.79 Å². The van der Waals surface area contributed by atoms with Gasteiger partial charge in [-0.3, -0.25) is 9.69 Å². The van der Waals surface area contributed by atoms with Crippen LogP contribution in [0.1, 0.15) is 13.8 Å². The average Bonchev–Trinajstić information content (AvgIpc) is 2.49. The average molecular weight is 347 g/mol. The van der Waals surface area contributed by atoms with Gasteiger partial charge in [0.05, 0.1) is 0 Å². The normalized spacial score (nSPS) is 11.1. The highest BCUT2D eigenvalue weighted by atomic mass is 19.4. The standard InChI is InChI=1S/C15H20F3N3O3/c1-10(2)20-14(23)21(3)11-4-6-12(7-5-11)24-8-13(22)19-9-15(16,17)18/h4-7,10H,8-9H2,1-3H3,(H,19,22)(H,20,23). The zero-order valence-corrected chi connectivity index (χ0v) is 13.6. The van der Waals surface area contributed by atoms with Crippen LogP contribution >= 0.6 is 0 Å². The number of alkyl halides is 3. The van der Waals surface area contributed by atoms with Gasteiger partial charge in [-0.25, -0.2) is 4.79 Å². The van der Waals surface area contributed by atoms with Gasteiger partial charge in [0.2, 0.25) is 0 Å². The fourth-order valence-electron chi connectivity index (χ4n) is 1.63. The van der Waals surface area contributed by atoms with Gasteiger partial charge in [-0.15, -0.1) is 0 Å². The lowest BCUT2D eigenvalue weighted by molar-refractivity contribution is -0.139. The highest BCUT2D eigenvalue weighted by Crippen LogP contribution is 2.18. The van der Waals surface area contributed by atoms with Crippen LogP contribution in [0.4, 0.5) is 23.7 Å². The van der Waals surface area contributed by atoms with Crippen LogP contribution in [-0.4, -0.2) is 44.4 Å². The number of hydrogen-bond acceptors (Lipinski definition) is 3. The van der Waals surface area contributed by atoms with E-state index >= 15 is 0 Å². The summed E-state index contributed by atoms with van der Waals surface area (Å²) in [6.07, 6.45) is -4.46. The Labute approximate surface area is 138 Å². The summed E-state index contributed by atoms with van der Waals surface area (Å²) in [5, 5.41) is 4.44. The van der Waals surface area contributed by atoms with Crippen LogP contribution in [0, 0.1) is 0 Å². The van der Waals surface area contributed by atoms with Gasteiger partial charge >= 0.3 is 12.2 Å². The van der Waals surface area contributed by atoms with E-state index in [0.717, 1.165) is 0 Å². The minimum Gasteiger partial charge on any atom is -0.484 e. The third-order valence-corrected chi connectivity index (χ3v) is 2.80. The first-order valence-corrected chi connectivity index (χ1v) is 7.19. The quantitative estimate of drug-likeness (QED) is 0.830. The number of anilines is 1. The molecule has 0 atom stereocenters. The van der Waals surface area contributed by atoms with Crippen molar-refractivity contribution >= 4 is 17.6 Å². The molecule has 0 radical (unpaired) electrons. The predicted octanol–water partition coefficient (Wildman–Crippen LogP) is 2.30. The largest absolute Gasteiger partial charge is 0.484 e. The second-order valence-corrected chi connectivity index (χ2v) is 5.34. The first kappa shape index (κ1) is 19.6. The molecule has 0 unspecified atom stereocenters. The van der Waals surface area contributed by atoms with Crippen LogP contribution < -0.4 is 20.3 Å². The van der Waals surface area contributed by atoms with Crippen molar-refractivity contribution in [1.82, 2.24) is 10.6 Å². The molecule has 24 heavy (non-hydrogen) atoms. The molecule has 134 valence electrons. The smallest absolute Gasteiger partial charge is 0.405 e. The number of carbonyl (C=O) groups excluding carboxylic acids is 2. The van der Waals surface area contributed by atoms with Crippen LogP contribution in [0.3, 0.4) is 0 Å². The van der Waals surface area contributed by atoms with E-state index in [9.17, 15) is 22.8 Å². The molecular weight excluding hydrogens is 327 g/mol. The summed E-state index contributed by atoms with van der Waals surface area (Å²) >= 11 is 0. The number of halogens is 3. The molecule has 2 N–H and O–H groups in total. The minimum absolute atomic E-state index is 0.00207. The van der Waals surface area contributed by atoms with E-state index in [0.29, 0.717) is 11.4 Å². The van der Waals surface area contributed by atoms with Crippen molar-refractivity contribution in [3.63, 3.8) is 0 Å². The number of ether oxygens (including phenoxy) is 1. The Morgan fingerprint density at radius 1 is 1.21 bits per heavy atom. The number of carbonyl (C=O) groups is 2. The predicted molar refractivity (Wildman–Crippen MR) is 83.1 cm³/mol. The zero-order valence-electron chi connectivity index (χ0n) is 13.6. The summed E-state index contributed by atoms with van der Waals surface area (Å²) in [5.74, 6) is -0.566. The molecule has 1 rings (SSSR count). The number of rotatable bonds is 6. The molecule has 0 saturated carbocycles. The number of nitrogens with zero attached hydrogens (tertiary/aromatic N) is 1. The summed E-state index contributed by atoms with van der Waals surface area (Å²) in [6, 6.07) is 5.96. The van der Waals surface area contributed by atoms with Crippen molar-refractivity contribution in [2.75, 3.05) is 25.1 Å². The fourth-order valence-corrected chi connectivity index (χ4v) is 1.63. The van der Waals surface area contributed by atoms with Gasteiger partial charge in [0, 0.05) is 18.8 Å². The topological polar surface area (TPSA) is 70.7 Å². The number of benzene rings is 1. The van der Waals surface area contributed by atoms with Gasteiger partial charge in [-0.05, 0) is 38.1 Å². The molecule has 1 aromatic carbocycles. The Balaban J connectivity index is 2.50. The van der Waals surface area contributed by atoms with Gasteiger partial charge in [0.15, 0.2) is 6.61 Å². The van der Waals surface area contributed by atoms with E-state index in [-0.39, 0.29) is 12.1 Å². The van der Waals surface area contributed by atoms with E-state index in [1.165, 1.54) is 17.0 Å². The summed E-state index contributed by atoms with van der Waals surface area (Å²) in [6.45, 7) is 1.75. The lowest BCUT2D eigenvalue weighted by Gasteiger charge is -2.20. The van der Waals surface area contributed by atoms with E-state index in [1.54, 1.807) is 24.5 Å². The van der Waals surface area contributed by atoms with Crippen molar-refractivity contribution in [2.24, 2.45) is 0 Å². The lowest BCUT2D eigenvalue weighted by atomic mass is 10.3. The molecular formula is C15H20F3N3O3. The van der Waals surface area contributed by atoms with Crippen molar-refractivity contribution in [3.8, 4) is 5.75 Å². The molecule has 0 aliphatic carbocycles. The molecule has 0 spiro atoms. The third kappa shape index (κ3) is 7.21. The summed E-state index contributed by atoms with van der Waals surface area (Å²) < 4.78 is 40.9. The first-order chi connectivity index (χ1) is 11.1. The van der Waals surface area contributed by atoms with Crippen LogP contribution in [0.15, 0.2) is 24.3 Å². The monoisotopic (exact) mass is 347 g/mol. The SMILES string of the molecule is CC(C)NC(=O)N(C)c1ccc(OCC(=O)NCC(F)(F)F)cc1. The number of amides is 3. The lowest BCUT2D eigenvalue weighted by Crippen LogP contribution is -2.40. The highest BCUT2D eigenvalue weighted by Gasteiger charge is 2.27. The molecule has 9 heteroatoms. The van der Waals surface area contributed by atoms with E-state index in [2.05, 4.69) is 5.32 Å². The molecule has 0 aliphatic heterocycles. The molecule has 6 nitrogen and oxygen atoms in total. The molecule has 3 amide bonds. The molecule has 0 saturated heterocycles. The number of urea groups is 1. The Morgan fingerprint density at radius 3 is 2.29 bits per heavy atom. The van der Waals surface area contributed by atoms with Gasteiger partial charge < -0.3 is 15.4 Å². The Hall–Kier alpha value is -2.45. The van der Waals surface area contributed by atoms with Gasteiger partial charge in [-0.1, -0.05) is 0 Å². The highest BCUT2D eigenvalue weighted by molar-refractivity contribution is 5.91. The van der Waals surface area contributed by atoms with Crippen molar-refractivity contribution in [1.29, 1.82) is 0 Å². The van der Waals surface area contributed by atoms with Crippen LogP contribution in [0.25, 0.3) is 0 Å². The van der Waals surface area contributed by atoms with Crippen molar-refractivity contribution in [2.45, 2.75) is 26.1 Å². The van der Waals surface area contributed by atoms with E-state index in [1.807, 2.05) is 13.8 Å². The Kier molecular flexibility index (Phi) is 6.87. The second kappa shape index (κ2) is 8.42. The van der Waals surface area contributed by atoms with E-state index < -0.39 is 25.2 Å². The maximum Gasteiger partial charge on any atom is 0.405 e. The number of nitrogens with one attached hydrogen (secondary N) is 2. The maximum atomic E-state index is 12.0. The Morgan fingerprint density at radius 2 is 1.79 bits per heavy atom. The Bertz CT molecular complexity index is 559. The van der Waals surface area contributed by atoms with Crippen molar-refractivity contribution < 1.29 is 27.5 Å². The molecule has 0 heterocycles. The van der Waals surface area contributed by atoms with Gasteiger partial charge in [0.1, 0.15) is 12.3 Å². The molecule has 0 aliphatic rings. The van der Waals surface area contributed by atoms with Gasteiger partial charge in [0.25, 0.3) is 5.91 Å². The minimum atomic E-state index is -4.46. The first-order valence-electron chi connectivity index (χ1n) is 7.19. The second-order valence-electron chi connectivity index (χ2n) is 5.34. The fraction of sp³-hybridized carbons (Fsp3) is 0.467. The van der Waals surface area contributed by atoms with Crippen LogP contribution in [0.5, 0.6) is 5.75 Å². The number of hydrogen-bond donors (Lipinski definition) is 2. The molecule has 0 bridgehead atoms. The molecule has 0 aromatic heterocycles. The summed E-state index contributed by atoms with van der Waals surface area (Å²) in [5.41, 5.74) is 0.599. The summed E-state index contributed by atoms with van der Waals surface area (Å²) in [4.78, 5) is 24.5. The van der Waals surface area contributed by atoms with Crippen LogP contribution in [0.2, 0.25) is 0 Å². The maximum absolute atomic E-state index is 12.0. The van der Waals surface area contributed by atoms with E-state index in [4.69, 9.17) is 4.74 Å². The third-order valence-electron chi connectivity index (χ3n) is 2.80. The molecule has 0 fully saturated rings. The molecule has 1 aromatic rings. The van der Waals surface area contributed by atoms with Crippen molar-refractivity contribution in [3.05, 3.63) is 24.3 Å². The van der Waals surface area contributed by atoms with Gasteiger partial charge in [-0.2, -0.15) is 13.2 Å². The zero-order chi connectivity index (χ0) is 18.3. The summed E-state index contributed by atoms with van der Waals surface area (Å²) in [7, 11) is 1.60.